The Hall–Kier alpha value is -2.65. The zero-order valence-electron chi connectivity index (χ0n) is 18.9. The predicted molar refractivity (Wildman–Crippen MR) is 135 cm³/mol. The van der Waals surface area contributed by atoms with Crippen molar-refractivity contribution in [1.29, 1.82) is 0 Å². The van der Waals surface area contributed by atoms with Crippen LogP contribution in [0.15, 0.2) is 35.5 Å². The molecule has 3 aliphatic rings. The van der Waals surface area contributed by atoms with Gasteiger partial charge in [-0.25, -0.2) is 15.0 Å². The lowest BCUT2D eigenvalue weighted by Crippen LogP contribution is -2.41. The number of hydrogen-bond acceptors (Lipinski definition) is 9. The lowest BCUT2D eigenvalue weighted by atomic mass is 9.89. The first-order chi connectivity index (χ1) is 16.3. The number of anilines is 4. The number of para-hydroxylation sites is 1. The van der Waals surface area contributed by atoms with Crippen molar-refractivity contribution >= 4 is 46.1 Å². The van der Waals surface area contributed by atoms with E-state index in [0.29, 0.717) is 5.92 Å². The van der Waals surface area contributed by atoms with E-state index in [1.165, 1.54) is 24.2 Å². The van der Waals surface area contributed by atoms with E-state index in [0.717, 1.165) is 78.9 Å². The van der Waals surface area contributed by atoms with Crippen LogP contribution in [-0.2, 0) is 0 Å². The van der Waals surface area contributed by atoms with Gasteiger partial charge in [-0.2, -0.15) is 4.98 Å². The molecule has 2 atom stereocenters. The smallest absolute Gasteiger partial charge is 0.228 e. The summed E-state index contributed by atoms with van der Waals surface area (Å²) in [5.74, 6) is 4.48. The molecule has 3 aromatic rings. The van der Waals surface area contributed by atoms with Gasteiger partial charge in [-0.3, -0.25) is 0 Å². The van der Waals surface area contributed by atoms with Crippen molar-refractivity contribution in [2.75, 3.05) is 54.5 Å². The lowest BCUT2D eigenvalue weighted by molar-refractivity contribution is 0.346. The number of thioether (sulfide) groups is 1. The van der Waals surface area contributed by atoms with Gasteiger partial charge in [0.05, 0.1) is 5.69 Å². The van der Waals surface area contributed by atoms with Crippen LogP contribution in [0, 0.1) is 17.8 Å². The van der Waals surface area contributed by atoms with E-state index in [1.54, 1.807) is 18.1 Å². The van der Waals surface area contributed by atoms with Crippen molar-refractivity contribution in [1.82, 2.24) is 25.3 Å². The van der Waals surface area contributed by atoms with Crippen LogP contribution in [0.3, 0.4) is 0 Å². The van der Waals surface area contributed by atoms with Crippen molar-refractivity contribution < 1.29 is 0 Å². The molecule has 6 rings (SSSR count). The van der Waals surface area contributed by atoms with Gasteiger partial charge in [0.1, 0.15) is 17.4 Å². The molecule has 8 nitrogen and oxygen atoms in total. The summed E-state index contributed by atoms with van der Waals surface area (Å²) in [7, 11) is 0. The van der Waals surface area contributed by atoms with Crippen LogP contribution in [0.1, 0.15) is 19.3 Å². The van der Waals surface area contributed by atoms with Crippen molar-refractivity contribution in [3.63, 3.8) is 0 Å². The predicted octanol–water partition coefficient (Wildman–Crippen LogP) is 3.75. The summed E-state index contributed by atoms with van der Waals surface area (Å²) in [4.78, 5) is 22.7. The van der Waals surface area contributed by atoms with Gasteiger partial charge in [-0.1, -0.05) is 12.1 Å². The van der Waals surface area contributed by atoms with Gasteiger partial charge in [0.15, 0.2) is 11.6 Å². The molecule has 33 heavy (non-hydrogen) atoms. The van der Waals surface area contributed by atoms with E-state index in [-0.39, 0.29) is 0 Å². The van der Waals surface area contributed by atoms with E-state index in [2.05, 4.69) is 55.3 Å². The summed E-state index contributed by atoms with van der Waals surface area (Å²) in [6.07, 6.45) is 7.46. The second-order valence-corrected chi connectivity index (χ2v) is 10.2. The number of nitrogens with one attached hydrogen (secondary N) is 3. The molecule has 4 heterocycles. The van der Waals surface area contributed by atoms with Crippen LogP contribution in [0.4, 0.5) is 23.3 Å². The van der Waals surface area contributed by atoms with Crippen molar-refractivity contribution in [3.05, 3.63) is 30.6 Å². The Morgan fingerprint density at radius 3 is 2.79 bits per heavy atom. The first-order valence-corrected chi connectivity index (χ1v) is 13.1. The lowest BCUT2D eigenvalue weighted by Gasteiger charge is -2.34. The highest BCUT2D eigenvalue weighted by Crippen LogP contribution is 2.35. The number of hydrogen-bond donors (Lipinski definition) is 3. The van der Waals surface area contributed by atoms with Crippen LogP contribution in [0.5, 0.6) is 0 Å². The molecule has 0 amide bonds. The van der Waals surface area contributed by atoms with E-state index in [4.69, 9.17) is 9.97 Å². The molecular formula is C24H30N8S. The number of fused-ring (bicyclic) bond motifs is 2. The Bertz CT molecular complexity index is 1150. The molecule has 1 aliphatic carbocycles. The molecule has 0 radical (unpaired) electrons. The topological polar surface area (TPSA) is 90.9 Å². The summed E-state index contributed by atoms with van der Waals surface area (Å²) in [5, 5.41) is 10.6. The third-order valence-corrected chi connectivity index (χ3v) is 7.87. The first kappa shape index (κ1) is 20.9. The normalized spacial score (nSPS) is 22.4. The molecular weight excluding hydrogens is 432 g/mol. The Kier molecular flexibility index (Phi) is 5.67. The van der Waals surface area contributed by atoms with E-state index < -0.39 is 0 Å². The fourth-order valence-corrected chi connectivity index (χ4v) is 5.50. The van der Waals surface area contributed by atoms with Gasteiger partial charge < -0.3 is 20.9 Å². The molecule has 3 fully saturated rings. The van der Waals surface area contributed by atoms with E-state index in [1.807, 2.05) is 6.07 Å². The van der Waals surface area contributed by atoms with E-state index in [9.17, 15) is 0 Å². The van der Waals surface area contributed by atoms with Gasteiger partial charge in [-0.05, 0) is 68.5 Å². The highest BCUT2D eigenvalue weighted by Gasteiger charge is 2.34. The number of benzene rings is 1. The Labute approximate surface area is 198 Å². The standard InChI is InChI=1S/C24H30N8S/c1-33-19-5-3-2-4-18(19)29-23-20-21(22(28-14-27-20)26-10-15-6-7-15)30-24(31-23)32-9-8-16-11-25-12-17(16)13-32/h2-5,14-17,25H,6-13H2,1H3,(H,26,27,28)(H,29,30,31)/t16-,17-/m1/s1. The third-order valence-electron chi connectivity index (χ3n) is 7.07. The molecule has 3 N–H and O–H groups in total. The average Bonchev–Trinajstić information content (AvgIpc) is 3.57. The van der Waals surface area contributed by atoms with E-state index >= 15 is 0 Å². The number of nitrogens with zero attached hydrogens (tertiary/aromatic N) is 5. The highest BCUT2D eigenvalue weighted by atomic mass is 32.2. The van der Waals surface area contributed by atoms with Crippen molar-refractivity contribution in [2.24, 2.45) is 17.8 Å². The zero-order chi connectivity index (χ0) is 22.2. The molecule has 0 spiro atoms. The second-order valence-electron chi connectivity index (χ2n) is 9.35. The maximum absolute atomic E-state index is 5.02. The summed E-state index contributed by atoms with van der Waals surface area (Å²) < 4.78 is 0. The van der Waals surface area contributed by atoms with Gasteiger partial charge in [-0.15, -0.1) is 11.8 Å². The zero-order valence-corrected chi connectivity index (χ0v) is 19.7. The third kappa shape index (κ3) is 4.31. The number of rotatable bonds is 7. The summed E-state index contributed by atoms with van der Waals surface area (Å²) in [6, 6.07) is 8.31. The molecule has 9 heteroatoms. The Balaban J connectivity index is 1.40. The van der Waals surface area contributed by atoms with Crippen LogP contribution in [-0.4, -0.2) is 58.9 Å². The maximum atomic E-state index is 5.02. The molecule has 0 bridgehead atoms. The summed E-state index contributed by atoms with van der Waals surface area (Å²) in [6.45, 7) is 5.12. The average molecular weight is 463 g/mol. The molecule has 2 aromatic heterocycles. The fraction of sp³-hybridized carbons (Fsp3) is 0.500. The maximum Gasteiger partial charge on any atom is 0.228 e. The molecule has 2 saturated heterocycles. The highest BCUT2D eigenvalue weighted by molar-refractivity contribution is 7.98. The largest absolute Gasteiger partial charge is 0.368 e. The Morgan fingerprint density at radius 2 is 1.91 bits per heavy atom. The van der Waals surface area contributed by atoms with Gasteiger partial charge >= 0.3 is 0 Å². The quantitative estimate of drug-likeness (QED) is 0.454. The molecule has 1 saturated carbocycles. The van der Waals surface area contributed by atoms with Crippen molar-refractivity contribution in [3.8, 4) is 0 Å². The second kappa shape index (κ2) is 8.95. The minimum absolute atomic E-state index is 0.658. The molecule has 172 valence electrons. The minimum Gasteiger partial charge on any atom is -0.368 e. The molecule has 2 aliphatic heterocycles. The fourth-order valence-electron chi connectivity index (χ4n) is 4.95. The molecule has 1 aromatic carbocycles. The number of aromatic nitrogens is 4. The summed E-state index contributed by atoms with van der Waals surface area (Å²) >= 11 is 1.72. The van der Waals surface area contributed by atoms with Crippen LogP contribution in [0.2, 0.25) is 0 Å². The van der Waals surface area contributed by atoms with Gasteiger partial charge in [0.25, 0.3) is 0 Å². The van der Waals surface area contributed by atoms with Gasteiger partial charge in [0, 0.05) is 24.5 Å². The van der Waals surface area contributed by atoms with Crippen LogP contribution < -0.4 is 20.9 Å². The summed E-state index contributed by atoms with van der Waals surface area (Å²) in [5.41, 5.74) is 2.57. The minimum atomic E-state index is 0.658. The SMILES string of the molecule is CSc1ccccc1Nc1nc(N2CC[C@@H]3CNC[C@@H]3C2)nc2c(NCC3CC3)ncnc12. The van der Waals surface area contributed by atoms with Crippen LogP contribution in [0.25, 0.3) is 11.0 Å². The van der Waals surface area contributed by atoms with Crippen molar-refractivity contribution in [2.45, 2.75) is 24.2 Å². The Morgan fingerprint density at radius 1 is 1.03 bits per heavy atom. The monoisotopic (exact) mass is 462 g/mol. The molecule has 0 unspecified atom stereocenters. The van der Waals surface area contributed by atoms with Gasteiger partial charge in [0.2, 0.25) is 5.95 Å². The van der Waals surface area contributed by atoms with Crippen LogP contribution >= 0.6 is 11.8 Å². The number of piperidine rings is 1. The first-order valence-electron chi connectivity index (χ1n) is 11.9.